The highest BCUT2D eigenvalue weighted by Gasteiger charge is 2.26. The zero-order valence-electron chi connectivity index (χ0n) is 18.4. The number of aryl methyl sites for hydroxylation is 2. The van der Waals surface area contributed by atoms with E-state index in [1.807, 2.05) is 0 Å². The summed E-state index contributed by atoms with van der Waals surface area (Å²) in [7, 11) is 0. The van der Waals surface area contributed by atoms with Gasteiger partial charge in [-0.2, -0.15) is 0 Å². The molecule has 0 radical (unpaired) electrons. The fraction of sp³-hybridized carbons (Fsp3) is 0.423. The van der Waals surface area contributed by atoms with Gasteiger partial charge in [-0.05, 0) is 36.6 Å². The maximum Gasteiger partial charge on any atom is 0.223 e. The Hall–Kier alpha value is -2.59. The van der Waals surface area contributed by atoms with Gasteiger partial charge < -0.3 is 14.8 Å². The molecule has 3 aromatic rings. The lowest BCUT2D eigenvalue weighted by molar-refractivity contribution is -0.133. The van der Waals surface area contributed by atoms with Gasteiger partial charge in [0, 0.05) is 55.6 Å². The SMILES string of the molecule is CCc1cccc2c([C@@H](CC(=O)N3CCN(CC)CC3)c3cccc(C)c3)c[nH]c12. The van der Waals surface area contributed by atoms with Crippen LogP contribution >= 0.6 is 0 Å². The molecule has 2 heterocycles. The smallest absolute Gasteiger partial charge is 0.223 e. The number of aromatic nitrogens is 1. The number of para-hydroxylation sites is 1. The van der Waals surface area contributed by atoms with E-state index in [-0.39, 0.29) is 11.8 Å². The van der Waals surface area contributed by atoms with Crippen molar-refractivity contribution in [3.8, 4) is 0 Å². The third-order valence-corrected chi connectivity index (χ3v) is 6.59. The first-order valence-corrected chi connectivity index (χ1v) is 11.3. The molecule has 4 nitrogen and oxygen atoms in total. The van der Waals surface area contributed by atoms with Crippen LogP contribution in [-0.4, -0.2) is 53.4 Å². The van der Waals surface area contributed by atoms with Crippen molar-refractivity contribution in [2.45, 2.75) is 39.5 Å². The van der Waals surface area contributed by atoms with E-state index in [0.717, 1.165) is 39.1 Å². The van der Waals surface area contributed by atoms with Gasteiger partial charge in [0.15, 0.2) is 0 Å². The number of hydrogen-bond acceptors (Lipinski definition) is 2. The summed E-state index contributed by atoms with van der Waals surface area (Å²) in [5.41, 5.74) is 6.21. The van der Waals surface area contributed by atoms with E-state index >= 15 is 0 Å². The van der Waals surface area contributed by atoms with Crippen molar-refractivity contribution in [2.24, 2.45) is 0 Å². The van der Waals surface area contributed by atoms with Crippen molar-refractivity contribution < 1.29 is 4.79 Å². The van der Waals surface area contributed by atoms with Crippen molar-refractivity contribution in [3.05, 3.63) is 70.9 Å². The Bertz CT molecular complexity index is 1010. The van der Waals surface area contributed by atoms with E-state index < -0.39 is 0 Å². The Kier molecular flexibility index (Phi) is 6.24. The summed E-state index contributed by atoms with van der Waals surface area (Å²) in [6.07, 6.45) is 3.63. The number of H-pyrrole nitrogens is 1. The second-order valence-corrected chi connectivity index (χ2v) is 8.42. The van der Waals surface area contributed by atoms with Crippen LogP contribution in [0.3, 0.4) is 0 Å². The van der Waals surface area contributed by atoms with Crippen molar-refractivity contribution >= 4 is 16.8 Å². The number of benzene rings is 2. The number of hydrogen-bond donors (Lipinski definition) is 1. The first-order chi connectivity index (χ1) is 14.6. The second-order valence-electron chi connectivity index (χ2n) is 8.42. The summed E-state index contributed by atoms with van der Waals surface area (Å²) in [5.74, 6) is 0.320. The zero-order chi connectivity index (χ0) is 21.1. The molecule has 1 saturated heterocycles. The van der Waals surface area contributed by atoms with Crippen LogP contribution in [0.2, 0.25) is 0 Å². The Morgan fingerprint density at radius 3 is 2.53 bits per heavy atom. The van der Waals surface area contributed by atoms with Crippen LogP contribution in [0.4, 0.5) is 0 Å². The lowest BCUT2D eigenvalue weighted by atomic mass is 9.86. The first-order valence-electron chi connectivity index (χ1n) is 11.3. The minimum Gasteiger partial charge on any atom is -0.361 e. The van der Waals surface area contributed by atoms with Gasteiger partial charge in [-0.3, -0.25) is 4.79 Å². The third-order valence-electron chi connectivity index (χ3n) is 6.59. The molecule has 2 aromatic carbocycles. The van der Waals surface area contributed by atoms with Crippen LogP contribution in [0, 0.1) is 6.92 Å². The summed E-state index contributed by atoms with van der Waals surface area (Å²) in [6.45, 7) is 11.2. The molecule has 0 unspecified atom stereocenters. The maximum absolute atomic E-state index is 13.3. The molecule has 158 valence electrons. The molecule has 0 aliphatic carbocycles. The Labute approximate surface area is 179 Å². The van der Waals surface area contributed by atoms with Crippen LogP contribution in [0.1, 0.15) is 48.4 Å². The van der Waals surface area contributed by atoms with Gasteiger partial charge >= 0.3 is 0 Å². The molecule has 1 aromatic heterocycles. The van der Waals surface area contributed by atoms with Gasteiger partial charge in [0.1, 0.15) is 0 Å². The largest absolute Gasteiger partial charge is 0.361 e. The highest BCUT2D eigenvalue weighted by atomic mass is 16.2. The van der Waals surface area contributed by atoms with Crippen LogP contribution in [0.25, 0.3) is 10.9 Å². The van der Waals surface area contributed by atoms with E-state index in [1.54, 1.807) is 0 Å². The Morgan fingerprint density at radius 1 is 1.07 bits per heavy atom. The number of carbonyl (C=O) groups is 1. The number of nitrogens with one attached hydrogen (secondary N) is 1. The highest BCUT2D eigenvalue weighted by molar-refractivity contribution is 5.88. The molecule has 4 heteroatoms. The lowest BCUT2D eigenvalue weighted by Gasteiger charge is -2.35. The zero-order valence-corrected chi connectivity index (χ0v) is 18.4. The normalized spacial score (nSPS) is 16.2. The molecule has 0 spiro atoms. The standard InChI is InChI=1S/C26H33N3O/c1-4-20-9-7-11-22-24(18-27-26(20)22)23(21-10-6-8-19(3)16-21)17-25(30)29-14-12-28(5-2)13-15-29/h6-11,16,18,23,27H,4-5,12-15,17H2,1-3H3/t23-/m0/s1. The van der Waals surface area contributed by atoms with Gasteiger partial charge in [0.2, 0.25) is 5.91 Å². The van der Waals surface area contributed by atoms with Crippen LogP contribution in [0.5, 0.6) is 0 Å². The molecule has 1 fully saturated rings. The molecule has 1 atom stereocenters. The van der Waals surface area contributed by atoms with Crippen molar-refractivity contribution in [3.63, 3.8) is 0 Å². The Morgan fingerprint density at radius 2 is 1.83 bits per heavy atom. The minimum absolute atomic E-state index is 0.0578. The summed E-state index contributed by atoms with van der Waals surface area (Å²) in [4.78, 5) is 21.3. The van der Waals surface area contributed by atoms with Crippen molar-refractivity contribution in [2.75, 3.05) is 32.7 Å². The molecule has 4 rings (SSSR count). The summed E-state index contributed by atoms with van der Waals surface area (Å²) in [6, 6.07) is 15.1. The molecule has 0 saturated carbocycles. The van der Waals surface area contributed by atoms with Gasteiger partial charge in [0.05, 0.1) is 0 Å². The molecule has 1 aliphatic rings. The minimum atomic E-state index is 0.0578. The Balaban J connectivity index is 1.67. The third kappa shape index (κ3) is 4.15. The van der Waals surface area contributed by atoms with Crippen LogP contribution < -0.4 is 0 Å². The fourth-order valence-electron chi connectivity index (χ4n) is 4.73. The van der Waals surface area contributed by atoms with E-state index in [4.69, 9.17) is 0 Å². The quantitative estimate of drug-likeness (QED) is 0.647. The summed E-state index contributed by atoms with van der Waals surface area (Å²) >= 11 is 0. The molecular formula is C26H33N3O. The topological polar surface area (TPSA) is 39.3 Å². The van der Waals surface area contributed by atoms with Gasteiger partial charge in [-0.15, -0.1) is 0 Å². The molecular weight excluding hydrogens is 370 g/mol. The highest BCUT2D eigenvalue weighted by Crippen LogP contribution is 2.35. The number of fused-ring (bicyclic) bond motifs is 1. The predicted octanol–water partition coefficient (Wildman–Crippen LogP) is 4.72. The maximum atomic E-state index is 13.3. The average molecular weight is 404 g/mol. The number of nitrogens with zero attached hydrogens (tertiary/aromatic N) is 2. The molecule has 1 aliphatic heterocycles. The number of likely N-dealkylation sites (N-methyl/N-ethyl adjacent to an activating group) is 1. The average Bonchev–Trinajstić information content (AvgIpc) is 3.21. The summed E-state index contributed by atoms with van der Waals surface area (Å²) in [5, 5.41) is 1.24. The van der Waals surface area contributed by atoms with Gasteiger partial charge in [0.25, 0.3) is 0 Å². The number of aromatic amines is 1. The number of carbonyl (C=O) groups excluding carboxylic acids is 1. The second kappa shape index (κ2) is 9.05. The molecule has 30 heavy (non-hydrogen) atoms. The summed E-state index contributed by atoms with van der Waals surface area (Å²) < 4.78 is 0. The monoisotopic (exact) mass is 403 g/mol. The molecule has 0 bridgehead atoms. The van der Waals surface area contributed by atoms with E-state index in [2.05, 4.69) is 84.2 Å². The first kappa shape index (κ1) is 20.7. The van der Waals surface area contributed by atoms with Crippen LogP contribution in [0.15, 0.2) is 48.7 Å². The fourth-order valence-corrected chi connectivity index (χ4v) is 4.73. The van der Waals surface area contributed by atoms with Crippen LogP contribution in [-0.2, 0) is 11.2 Å². The van der Waals surface area contributed by atoms with E-state index in [0.29, 0.717) is 6.42 Å². The van der Waals surface area contributed by atoms with Crippen molar-refractivity contribution in [1.82, 2.24) is 14.8 Å². The number of piperazine rings is 1. The van der Waals surface area contributed by atoms with Crippen molar-refractivity contribution in [1.29, 1.82) is 0 Å². The molecule has 1 amide bonds. The predicted molar refractivity (Wildman–Crippen MR) is 124 cm³/mol. The van der Waals surface area contributed by atoms with Gasteiger partial charge in [-0.1, -0.05) is 61.9 Å². The number of amides is 1. The lowest BCUT2D eigenvalue weighted by Crippen LogP contribution is -2.48. The molecule has 1 N–H and O–H groups in total. The van der Waals surface area contributed by atoms with E-state index in [1.165, 1.54) is 33.2 Å². The van der Waals surface area contributed by atoms with E-state index in [9.17, 15) is 4.79 Å². The van der Waals surface area contributed by atoms with Gasteiger partial charge in [-0.25, -0.2) is 0 Å². The number of rotatable bonds is 6.